The molecule has 0 aliphatic carbocycles. The molecule has 2 aromatic heterocycles. The number of amides is 2. The van der Waals surface area contributed by atoms with Gasteiger partial charge in [0.05, 0.1) is 42.8 Å². The summed E-state index contributed by atoms with van der Waals surface area (Å²) in [6.07, 6.45) is 5.64. The number of likely N-dealkylation sites (tertiary alicyclic amines) is 1. The van der Waals surface area contributed by atoms with Crippen LogP contribution in [0.25, 0.3) is 0 Å². The first kappa shape index (κ1) is 17.5. The summed E-state index contributed by atoms with van der Waals surface area (Å²) in [5.41, 5.74) is 1.51. The fourth-order valence-electron chi connectivity index (χ4n) is 3.11. The van der Waals surface area contributed by atoms with Crippen LogP contribution in [-0.2, 0) is 22.6 Å². The van der Waals surface area contributed by atoms with E-state index < -0.39 is 0 Å². The van der Waals surface area contributed by atoms with Gasteiger partial charge >= 0.3 is 0 Å². The Bertz CT molecular complexity index is 774. The summed E-state index contributed by atoms with van der Waals surface area (Å²) in [4.78, 5) is 36.7. The second kappa shape index (κ2) is 7.74. The molecule has 25 heavy (non-hydrogen) atoms. The lowest BCUT2D eigenvalue weighted by atomic mass is 10.1. The standard InChI is InChI=1S/C18H22N4O2S/c1-12-5-6-15(25-12)8-18(24)20-10-14-9-19-11-16(21-14)17-4-3-7-22(17)13(2)23/h5-6,9,11,17H,3-4,7-8,10H2,1-2H3,(H,20,24)/t17-/m1/s1. The number of aromatic nitrogens is 2. The first-order valence-electron chi connectivity index (χ1n) is 8.43. The average Bonchev–Trinajstić information content (AvgIpc) is 3.22. The predicted molar refractivity (Wildman–Crippen MR) is 96.0 cm³/mol. The highest BCUT2D eigenvalue weighted by Crippen LogP contribution is 2.30. The monoisotopic (exact) mass is 358 g/mol. The Labute approximate surface area is 151 Å². The Morgan fingerprint density at radius 1 is 1.36 bits per heavy atom. The van der Waals surface area contributed by atoms with Gasteiger partial charge in [-0.2, -0.15) is 0 Å². The quantitative estimate of drug-likeness (QED) is 0.890. The zero-order valence-electron chi connectivity index (χ0n) is 14.5. The van der Waals surface area contributed by atoms with Crippen molar-refractivity contribution in [3.05, 3.63) is 45.7 Å². The second-order valence-corrected chi connectivity index (χ2v) is 7.64. The van der Waals surface area contributed by atoms with Gasteiger partial charge in [-0.15, -0.1) is 11.3 Å². The Morgan fingerprint density at radius 3 is 2.92 bits per heavy atom. The van der Waals surface area contributed by atoms with Crippen LogP contribution >= 0.6 is 11.3 Å². The number of thiophene rings is 1. The summed E-state index contributed by atoms with van der Waals surface area (Å²) in [5.74, 6) is 0.0366. The molecule has 0 spiro atoms. The summed E-state index contributed by atoms with van der Waals surface area (Å²) >= 11 is 1.63. The predicted octanol–water partition coefficient (Wildman–Crippen LogP) is 2.39. The molecule has 1 N–H and O–H groups in total. The van der Waals surface area contributed by atoms with E-state index in [-0.39, 0.29) is 17.9 Å². The number of hydrogen-bond acceptors (Lipinski definition) is 5. The number of rotatable bonds is 5. The van der Waals surface area contributed by atoms with Gasteiger partial charge in [0.2, 0.25) is 11.8 Å². The Morgan fingerprint density at radius 2 is 2.20 bits per heavy atom. The lowest BCUT2D eigenvalue weighted by molar-refractivity contribution is -0.129. The van der Waals surface area contributed by atoms with Crippen LogP contribution in [0.15, 0.2) is 24.5 Å². The Kier molecular flexibility index (Phi) is 5.43. The minimum Gasteiger partial charge on any atom is -0.350 e. The molecule has 7 heteroatoms. The molecule has 1 aliphatic rings. The molecule has 1 atom stereocenters. The molecule has 0 aromatic carbocycles. The van der Waals surface area contributed by atoms with Crippen molar-refractivity contribution >= 4 is 23.2 Å². The maximum atomic E-state index is 12.1. The Balaban J connectivity index is 1.60. The molecule has 2 amide bonds. The molecule has 3 rings (SSSR count). The molecule has 1 saturated heterocycles. The van der Waals surface area contributed by atoms with Gasteiger partial charge < -0.3 is 10.2 Å². The third-order valence-corrected chi connectivity index (χ3v) is 5.30. The van der Waals surface area contributed by atoms with E-state index in [1.165, 1.54) is 4.88 Å². The van der Waals surface area contributed by atoms with Crippen LogP contribution in [0, 0.1) is 6.92 Å². The number of hydrogen-bond donors (Lipinski definition) is 1. The van der Waals surface area contributed by atoms with Crippen LogP contribution in [-0.4, -0.2) is 33.2 Å². The zero-order chi connectivity index (χ0) is 17.8. The first-order valence-corrected chi connectivity index (χ1v) is 9.24. The van der Waals surface area contributed by atoms with Crippen LogP contribution in [0.5, 0.6) is 0 Å². The SMILES string of the molecule is CC(=O)N1CCC[C@@H]1c1cncc(CNC(=O)Cc2ccc(C)s2)n1. The molecule has 0 saturated carbocycles. The number of nitrogens with one attached hydrogen (secondary N) is 1. The van der Waals surface area contributed by atoms with Gasteiger partial charge in [-0.05, 0) is 31.9 Å². The minimum absolute atomic E-state index is 0.00487. The van der Waals surface area contributed by atoms with Crippen molar-refractivity contribution in [2.24, 2.45) is 0 Å². The average molecular weight is 358 g/mol. The summed E-state index contributed by atoms with van der Waals surface area (Å²) in [6.45, 7) is 4.72. The smallest absolute Gasteiger partial charge is 0.225 e. The van der Waals surface area contributed by atoms with E-state index in [0.29, 0.717) is 18.7 Å². The van der Waals surface area contributed by atoms with E-state index in [9.17, 15) is 9.59 Å². The number of carbonyl (C=O) groups excluding carboxylic acids is 2. The van der Waals surface area contributed by atoms with Gasteiger partial charge in [0.25, 0.3) is 0 Å². The highest BCUT2D eigenvalue weighted by molar-refractivity contribution is 7.12. The van der Waals surface area contributed by atoms with Crippen LogP contribution < -0.4 is 5.32 Å². The lowest BCUT2D eigenvalue weighted by Gasteiger charge is -2.22. The summed E-state index contributed by atoms with van der Waals surface area (Å²) in [5, 5.41) is 2.89. The molecule has 1 aliphatic heterocycles. The maximum Gasteiger partial charge on any atom is 0.225 e. The third kappa shape index (κ3) is 4.42. The third-order valence-electron chi connectivity index (χ3n) is 4.30. The number of aryl methyl sites for hydroxylation is 1. The van der Waals surface area contributed by atoms with E-state index in [0.717, 1.165) is 30.0 Å². The number of nitrogens with zero attached hydrogens (tertiary/aromatic N) is 3. The van der Waals surface area contributed by atoms with Crippen molar-refractivity contribution in [1.82, 2.24) is 20.2 Å². The summed E-state index contributed by atoms with van der Waals surface area (Å²) < 4.78 is 0. The Hall–Kier alpha value is -2.28. The van der Waals surface area contributed by atoms with E-state index in [4.69, 9.17) is 0 Å². The van der Waals surface area contributed by atoms with Crippen molar-refractivity contribution in [3.63, 3.8) is 0 Å². The topological polar surface area (TPSA) is 75.2 Å². The first-order chi connectivity index (χ1) is 12.0. The molecule has 0 unspecified atom stereocenters. The fraction of sp³-hybridized carbons (Fsp3) is 0.444. The van der Waals surface area contributed by atoms with Crippen LogP contribution in [0.1, 0.15) is 46.9 Å². The molecular weight excluding hydrogens is 336 g/mol. The van der Waals surface area contributed by atoms with Crippen molar-refractivity contribution < 1.29 is 9.59 Å². The van der Waals surface area contributed by atoms with Crippen molar-refractivity contribution in [2.75, 3.05) is 6.54 Å². The van der Waals surface area contributed by atoms with Crippen molar-refractivity contribution in [1.29, 1.82) is 0 Å². The molecule has 1 fully saturated rings. The van der Waals surface area contributed by atoms with Gasteiger partial charge in [0, 0.05) is 23.2 Å². The van der Waals surface area contributed by atoms with Gasteiger partial charge in [-0.25, -0.2) is 0 Å². The molecule has 3 heterocycles. The van der Waals surface area contributed by atoms with Crippen LogP contribution in [0.3, 0.4) is 0 Å². The molecule has 6 nitrogen and oxygen atoms in total. The molecule has 2 aromatic rings. The van der Waals surface area contributed by atoms with Gasteiger partial charge in [0.15, 0.2) is 0 Å². The van der Waals surface area contributed by atoms with Crippen LogP contribution in [0.4, 0.5) is 0 Å². The highest BCUT2D eigenvalue weighted by Gasteiger charge is 2.29. The van der Waals surface area contributed by atoms with Crippen molar-refractivity contribution in [2.45, 2.75) is 45.7 Å². The van der Waals surface area contributed by atoms with Crippen LogP contribution in [0.2, 0.25) is 0 Å². The maximum absolute atomic E-state index is 12.1. The summed E-state index contributed by atoms with van der Waals surface area (Å²) in [7, 11) is 0. The minimum atomic E-state index is -0.0275. The normalized spacial score (nSPS) is 16.9. The molecular formula is C18H22N4O2S. The van der Waals surface area contributed by atoms with Gasteiger partial charge in [-0.1, -0.05) is 0 Å². The van der Waals surface area contributed by atoms with Gasteiger partial charge in [-0.3, -0.25) is 19.6 Å². The van der Waals surface area contributed by atoms with Gasteiger partial charge in [0.1, 0.15) is 0 Å². The van der Waals surface area contributed by atoms with E-state index in [1.807, 2.05) is 24.0 Å². The lowest BCUT2D eigenvalue weighted by Crippen LogP contribution is -2.29. The van der Waals surface area contributed by atoms with Crippen molar-refractivity contribution in [3.8, 4) is 0 Å². The highest BCUT2D eigenvalue weighted by atomic mass is 32.1. The van der Waals surface area contributed by atoms with E-state index in [1.54, 1.807) is 30.7 Å². The zero-order valence-corrected chi connectivity index (χ0v) is 15.3. The largest absolute Gasteiger partial charge is 0.350 e. The molecule has 0 radical (unpaired) electrons. The molecule has 132 valence electrons. The second-order valence-electron chi connectivity index (χ2n) is 6.27. The van der Waals surface area contributed by atoms with E-state index in [2.05, 4.69) is 15.3 Å². The summed E-state index contributed by atoms with van der Waals surface area (Å²) in [6, 6.07) is 4.00. The number of carbonyl (C=O) groups is 2. The van der Waals surface area contributed by atoms with E-state index >= 15 is 0 Å². The fourth-order valence-corrected chi connectivity index (χ4v) is 4.00. The molecule has 0 bridgehead atoms.